The quantitative estimate of drug-likeness (QED) is 0.889. The summed E-state index contributed by atoms with van der Waals surface area (Å²) in [4.78, 5) is 26.8. The molecule has 0 bridgehead atoms. The second-order valence-electron chi connectivity index (χ2n) is 5.52. The SMILES string of the molecule is Cc1cccc2c1c(=O)c(C(N)=O)c(N1CCOCC1)n2C. The van der Waals surface area contributed by atoms with E-state index in [0.29, 0.717) is 37.5 Å². The molecule has 1 saturated heterocycles. The van der Waals surface area contributed by atoms with Gasteiger partial charge < -0.3 is 19.9 Å². The van der Waals surface area contributed by atoms with Crippen molar-refractivity contribution in [3.8, 4) is 0 Å². The molecule has 0 radical (unpaired) electrons. The van der Waals surface area contributed by atoms with Crippen LogP contribution < -0.4 is 16.1 Å². The van der Waals surface area contributed by atoms with E-state index in [1.54, 1.807) is 0 Å². The van der Waals surface area contributed by atoms with Crippen LogP contribution in [0.4, 0.5) is 5.82 Å². The number of anilines is 1. The van der Waals surface area contributed by atoms with Crippen molar-refractivity contribution in [3.63, 3.8) is 0 Å². The van der Waals surface area contributed by atoms with E-state index in [2.05, 4.69) is 0 Å². The number of ether oxygens (including phenoxy) is 1. The third kappa shape index (κ3) is 2.16. The molecule has 1 aliphatic rings. The summed E-state index contributed by atoms with van der Waals surface area (Å²) in [6.07, 6.45) is 0. The zero-order valence-corrected chi connectivity index (χ0v) is 12.8. The van der Waals surface area contributed by atoms with Gasteiger partial charge in [-0.1, -0.05) is 12.1 Å². The third-order valence-corrected chi connectivity index (χ3v) is 4.16. The fourth-order valence-electron chi connectivity index (χ4n) is 3.10. The molecule has 6 nitrogen and oxygen atoms in total. The first kappa shape index (κ1) is 14.6. The molecule has 3 rings (SSSR count). The predicted molar refractivity (Wildman–Crippen MR) is 85.5 cm³/mol. The number of carbonyl (C=O) groups is 1. The maximum atomic E-state index is 12.8. The Hall–Kier alpha value is -2.34. The van der Waals surface area contributed by atoms with Crippen molar-refractivity contribution < 1.29 is 9.53 Å². The van der Waals surface area contributed by atoms with Crippen LogP contribution >= 0.6 is 0 Å². The molecule has 0 atom stereocenters. The Kier molecular flexibility index (Phi) is 3.62. The molecule has 0 aliphatic carbocycles. The number of nitrogens with zero attached hydrogens (tertiary/aromatic N) is 2. The van der Waals surface area contributed by atoms with Gasteiger partial charge in [0.15, 0.2) is 0 Å². The van der Waals surface area contributed by atoms with Gasteiger partial charge in [-0.15, -0.1) is 0 Å². The molecule has 2 N–H and O–H groups in total. The van der Waals surface area contributed by atoms with Crippen LogP contribution in [0.25, 0.3) is 10.9 Å². The van der Waals surface area contributed by atoms with Crippen molar-refractivity contribution in [2.45, 2.75) is 6.92 Å². The van der Waals surface area contributed by atoms with E-state index in [1.165, 1.54) is 0 Å². The monoisotopic (exact) mass is 301 g/mol. The first-order chi connectivity index (χ1) is 10.5. The minimum absolute atomic E-state index is 0.0613. The number of primary amides is 1. The number of morpholine rings is 1. The second kappa shape index (κ2) is 5.46. The van der Waals surface area contributed by atoms with Crippen molar-refractivity contribution in [3.05, 3.63) is 39.5 Å². The maximum absolute atomic E-state index is 12.8. The maximum Gasteiger partial charge on any atom is 0.256 e. The minimum atomic E-state index is -0.688. The van der Waals surface area contributed by atoms with Crippen LogP contribution in [0.15, 0.2) is 23.0 Å². The number of pyridine rings is 1. The van der Waals surface area contributed by atoms with E-state index in [1.807, 2.05) is 41.6 Å². The minimum Gasteiger partial charge on any atom is -0.378 e. The Labute approximate surface area is 128 Å². The Morgan fingerprint density at radius 3 is 2.59 bits per heavy atom. The number of nitrogens with two attached hydrogens (primary N) is 1. The molecular formula is C16H19N3O3. The molecule has 0 spiro atoms. The molecule has 1 aromatic carbocycles. The third-order valence-electron chi connectivity index (χ3n) is 4.16. The highest BCUT2D eigenvalue weighted by Crippen LogP contribution is 2.25. The number of aryl methyl sites for hydroxylation is 2. The number of rotatable bonds is 2. The lowest BCUT2D eigenvalue weighted by molar-refractivity contribution is 0.0996. The van der Waals surface area contributed by atoms with Crippen LogP contribution in [0.2, 0.25) is 0 Å². The Morgan fingerprint density at radius 2 is 1.95 bits per heavy atom. The van der Waals surface area contributed by atoms with Gasteiger partial charge in [0.25, 0.3) is 5.91 Å². The van der Waals surface area contributed by atoms with Gasteiger partial charge in [0.2, 0.25) is 5.43 Å². The van der Waals surface area contributed by atoms with E-state index in [9.17, 15) is 9.59 Å². The molecule has 1 aliphatic heterocycles. The largest absolute Gasteiger partial charge is 0.378 e. The highest BCUT2D eigenvalue weighted by atomic mass is 16.5. The van der Waals surface area contributed by atoms with Gasteiger partial charge in [-0.25, -0.2) is 0 Å². The molecule has 2 aromatic rings. The summed E-state index contributed by atoms with van der Waals surface area (Å²) in [5.74, 6) is -0.105. The highest BCUT2D eigenvalue weighted by Gasteiger charge is 2.25. The zero-order valence-electron chi connectivity index (χ0n) is 12.8. The first-order valence-corrected chi connectivity index (χ1v) is 7.27. The number of amides is 1. The van der Waals surface area contributed by atoms with Crippen molar-refractivity contribution in [1.82, 2.24) is 4.57 Å². The summed E-state index contributed by atoms with van der Waals surface area (Å²) < 4.78 is 7.24. The van der Waals surface area contributed by atoms with E-state index >= 15 is 0 Å². The summed E-state index contributed by atoms with van der Waals surface area (Å²) in [6.45, 7) is 4.26. The molecule has 116 valence electrons. The molecule has 0 saturated carbocycles. The normalized spacial score (nSPS) is 15.3. The average Bonchev–Trinajstić information content (AvgIpc) is 2.50. The van der Waals surface area contributed by atoms with E-state index in [0.717, 1.165) is 11.1 Å². The Bertz CT molecular complexity index is 804. The summed E-state index contributed by atoms with van der Waals surface area (Å²) in [5, 5.41) is 0.552. The van der Waals surface area contributed by atoms with Crippen LogP contribution in [0.5, 0.6) is 0 Å². The molecular weight excluding hydrogens is 282 g/mol. The summed E-state index contributed by atoms with van der Waals surface area (Å²) >= 11 is 0. The van der Waals surface area contributed by atoms with Crippen LogP contribution in [0, 0.1) is 6.92 Å². The molecule has 6 heteroatoms. The molecule has 1 amide bonds. The number of hydrogen-bond donors (Lipinski definition) is 1. The van der Waals surface area contributed by atoms with Crippen LogP contribution in [0.1, 0.15) is 15.9 Å². The highest BCUT2D eigenvalue weighted by molar-refractivity contribution is 6.02. The fourth-order valence-corrected chi connectivity index (χ4v) is 3.10. The van der Waals surface area contributed by atoms with Crippen LogP contribution in [0.3, 0.4) is 0 Å². The Balaban J connectivity index is 2.39. The molecule has 2 heterocycles. The predicted octanol–water partition coefficient (Wildman–Crippen LogP) is 0.782. The van der Waals surface area contributed by atoms with E-state index in [4.69, 9.17) is 10.5 Å². The van der Waals surface area contributed by atoms with Crippen molar-refractivity contribution in [1.29, 1.82) is 0 Å². The summed E-state index contributed by atoms with van der Waals surface area (Å²) in [6, 6.07) is 5.66. The smallest absolute Gasteiger partial charge is 0.256 e. The van der Waals surface area contributed by atoms with Crippen molar-refractivity contribution in [2.75, 3.05) is 31.2 Å². The van der Waals surface area contributed by atoms with Crippen molar-refractivity contribution >= 4 is 22.6 Å². The lowest BCUT2D eigenvalue weighted by Crippen LogP contribution is -2.41. The molecule has 22 heavy (non-hydrogen) atoms. The van der Waals surface area contributed by atoms with E-state index < -0.39 is 5.91 Å². The number of aromatic nitrogens is 1. The van der Waals surface area contributed by atoms with Crippen molar-refractivity contribution in [2.24, 2.45) is 12.8 Å². The van der Waals surface area contributed by atoms with Crippen LogP contribution in [-0.2, 0) is 11.8 Å². The lowest BCUT2D eigenvalue weighted by atomic mass is 10.0. The van der Waals surface area contributed by atoms with Gasteiger partial charge in [0, 0.05) is 25.5 Å². The average molecular weight is 301 g/mol. The molecule has 1 aromatic heterocycles. The molecule has 1 fully saturated rings. The van der Waals surface area contributed by atoms with Gasteiger partial charge in [-0.3, -0.25) is 9.59 Å². The van der Waals surface area contributed by atoms with Gasteiger partial charge in [0.1, 0.15) is 11.4 Å². The van der Waals surface area contributed by atoms with Gasteiger partial charge >= 0.3 is 0 Å². The van der Waals surface area contributed by atoms with Gasteiger partial charge in [0.05, 0.1) is 18.7 Å². The molecule has 0 unspecified atom stereocenters. The number of carbonyl (C=O) groups excluding carboxylic acids is 1. The summed E-state index contributed by atoms with van der Waals surface area (Å²) in [5.41, 5.74) is 6.94. The number of benzene rings is 1. The van der Waals surface area contributed by atoms with Gasteiger partial charge in [-0.2, -0.15) is 0 Å². The first-order valence-electron chi connectivity index (χ1n) is 7.27. The number of hydrogen-bond acceptors (Lipinski definition) is 4. The Morgan fingerprint density at radius 1 is 1.27 bits per heavy atom. The second-order valence-corrected chi connectivity index (χ2v) is 5.52. The topological polar surface area (TPSA) is 77.6 Å². The van der Waals surface area contributed by atoms with Gasteiger partial charge in [-0.05, 0) is 18.6 Å². The zero-order chi connectivity index (χ0) is 15.9. The van der Waals surface area contributed by atoms with Crippen LogP contribution in [-0.4, -0.2) is 36.8 Å². The van der Waals surface area contributed by atoms with E-state index in [-0.39, 0.29) is 11.0 Å². The lowest BCUT2D eigenvalue weighted by Gasteiger charge is -2.32. The number of fused-ring (bicyclic) bond motifs is 1. The standard InChI is InChI=1S/C16H19N3O3/c1-10-4-3-5-11-12(10)14(20)13(15(17)21)16(18(11)2)19-6-8-22-9-7-19/h3-5H,6-9H2,1-2H3,(H2,17,21). The fraction of sp³-hybridized carbons (Fsp3) is 0.375. The summed E-state index contributed by atoms with van der Waals surface area (Å²) in [7, 11) is 1.86.